The minimum Gasteiger partial charge on any atom is -0.370 e. The van der Waals surface area contributed by atoms with Gasteiger partial charge in [0.2, 0.25) is 5.91 Å². The highest BCUT2D eigenvalue weighted by Crippen LogP contribution is 2.39. The van der Waals surface area contributed by atoms with Crippen molar-refractivity contribution in [1.82, 2.24) is 4.90 Å². The first-order chi connectivity index (χ1) is 15.7. The lowest BCUT2D eigenvalue weighted by Crippen LogP contribution is -2.62. The Morgan fingerprint density at radius 1 is 1.15 bits per heavy atom. The van der Waals surface area contributed by atoms with Gasteiger partial charge in [0, 0.05) is 24.3 Å². The normalized spacial score (nSPS) is 20.8. The molecule has 0 radical (unpaired) electrons. The van der Waals surface area contributed by atoms with Crippen LogP contribution >= 0.6 is 0 Å². The number of hydrogen-bond donors (Lipinski definition) is 2. The van der Waals surface area contributed by atoms with Crippen LogP contribution in [0.4, 0.5) is 24.5 Å². The van der Waals surface area contributed by atoms with Gasteiger partial charge in [-0.25, -0.2) is 0 Å². The summed E-state index contributed by atoms with van der Waals surface area (Å²) < 4.78 is 46.4. The lowest BCUT2D eigenvalue weighted by Gasteiger charge is -2.48. The molecule has 3 amide bonds. The molecule has 1 saturated heterocycles. The molecule has 0 aromatic heterocycles. The molecule has 1 aromatic rings. The Labute approximate surface area is 189 Å². The van der Waals surface area contributed by atoms with Gasteiger partial charge in [0.05, 0.1) is 17.9 Å². The molecule has 0 bridgehead atoms. The second-order valence-electron chi connectivity index (χ2n) is 8.74. The number of rotatable bonds is 7. The summed E-state index contributed by atoms with van der Waals surface area (Å²) in [7, 11) is 0. The number of nitrogens with one attached hydrogen (secondary N) is 1. The minimum absolute atomic E-state index is 0.00486. The third kappa shape index (κ3) is 4.84. The molecule has 1 aliphatic heterocycles. The first-order valence-electron chi connectivity index (χ1n) is 11.1. The monoisotopic (exact) mass is 468 g/mol. The fraction of sp³-hybridized carbons (Fsp3) is 0.591. The number of nitrogens with zero attached hydrogens (tertiary/aromatic N) is 2. The highest BCUT2D eigenvalue weighted by molar-refractivity contribution is 6.10. The second kappa shape index (κ2) is 9.30. The SMILES string of the molecule is NC(=O)[C@@H](C(=O)Nc1ccc(N2CCOCC2=O)c(C(F)(F)F)c1)N(C1CCC1)C1CCC1. The number of amides is 3. The van der Waals surface area contributed by atoms with E-state index in [0.29, 0.717) is 0 Å². The van der Waals surface area contributed by atoms with Crippen molar-refractivity contribution in [2.45, 2.75) is 62.8 Å². The molecule has 2 saturated carbocycles. The lowest BCUT2D eigenvalue weighted by molar-refractivity contribution is -0.139. The standard InChI is InChI=1S/C22H27F3N4O4/c23-22(24,25)16-11-13(7-8-17(16)28-9-10-33-12-18(28)30)27-21(32)19(20(26)31)29(14-3-1-4-14)15-5-2-6-15/h7-8,11,14-15,19H,1-6,9-10,12H2,(H2,26,31)(H,27,32)/t19-/m0/s1. The Kier molecular flexibility index (Phi) is 6.62. The van der Waals surface area contributed by atoms with Gasteiger partial charge in [-0.1, -0.05) is 12.8 Å². The van der Waals surface area contributed by atoms with Crippen LogP contribution in [0.2, 0.25) is 0 Å². The van der Waals surface area contributed by atoms with Crippen molar-refractivity contribution in [3.63, 3.8) is 0 Å². The van der Waals surface area contributed by atoms with Crippen molar-refractivity contribution >= 4 is 29.1 Å². The van der Waals surface area contributed by atoms with E-state index in [1.165, 1.54) is 6.07 Å². The molecule has 1 heterocycles. The summed E-state index contributed by atoms with van der Waals surface area (Å²) in [4.78, 5) is 40.3. The zero-order valence-corrected chi connectivity index (χ0v) is 18.1. The largest absolute Gasteiger partial charge is 0.418 e. The maximum atomic E-state index is 13.8. The van der Waals surface area contributed by atoms with E-state index in [9.17, 15) is 27.6 Å². The maximum absolute atomic E-state index is 13.8. The number of ether oxygens (including phenoxy) is 1. The van der Waals surface area contributed by atoms with E-state index >= 15 is 0 Å². The van der Waals surface area contributed by atoms with Gasteiger partial charge in [0.1, 0.15) is 6.61 Å². The molecule has 33 heavy (non-hydrogen) atoms. The van der Waals surface area contributed by atoms with Gasteiger partial charge in [-0.3, -0.25) is 19.3 Å². The number of primary amides is 1. The number of carbonyl (C=O) groups excluding carboxylic acids is 3. The molecule has 180 valence electrons. The molecule has 3 fully saturated rings. The molecular weight excluding hydrogens is 441 g/mol. The van der Waals surface area contributed by atoms with Crippen LogP contribution in [0.1, 0.15) is 44.1 Å². The van der Waals surface area contributed by atoms with Crippen LogP contribution in [0.3, 0.4) is 0 Å². The van der Waals surface area contributed by atoms with Crippen LogP contribution in [0, 0.1) is 0 Å². The van der Waals surface area contributed by atoms with E-state index in [4.69, 9.17) is 10.5 Å². The number of hydrogen-bond acceptors (Lipinski definition) is 5. The van der Waals surface area contributed by atoms with Gasteiger partial charge in [-0.15, -0.1) is 0 Å². The van der Waals surface area contributed by atoms with Crippen molar-refractivity contribution in [1.29, 1.82) is 0 Å². The van der Waals surface area contributed by atoms with Gasteiger partial charge in [-0.2, -0.15) is 13.2 Å². The fourth-order valence-corrected chi connectivity index (χ4v) is 4.56. The second-order valence-corrected chi connectivity index (χ2v) is 8.74. The van der Waals surface area contributed by atoms with Crippen molar-refractivity contribution in [2.24, 2.45) is 5.73 Å². The lowest BCUT2D eigenvalue weighted by atomic mass is 9.83. The van der Waals surface area contributed by atoms with Crippen LogP contribution in [-0.4, -0.2) is 60.5 Å². The zero-order valence-electron chi connectivity index (χ0n) is 18.1. The summed E-state index contributed by atoms with van der Waals surface area (Å²) in [6, 6.07) is 2.11. The molecule has 8 nitrogen and oxygen atoms in total. The summed E-state index contributed by atoms with van der Waals surface area (Å²) in [6.07, 6.45) is 0.654. The molecule has 4 rings (SSSR count). The van der Waals surface area contributed by atoms with Crippen LogP contribution in [0.25, 0.3) is 0 Å². The molecular formula is C22H27F3N4O4. The number of halogens is 3. The van der Waals surface area contributed by atoms with Gasteiger partial charge in [0.15, 0.2) is 6.04 Å². The highest BCUT2D eigenvalue weighted by atomic mass is 19.4. The van der Waals surface area contributed by atoms with Gasteiger partial charge >= 0.3 is 6.18 Å². The number of alkyl halides is 3. The molecule has 3 N–H and O–H groups in total. The topological polar surface area (TPSA) is 105 Å². The average Bonchev–Trinajstić information content (AvgIpc) is 2.65. The summed E-state index contributed by atoms with van der Waals surface area (Å²) in [5.41, 5.74) is 4.11. The van der Waals surface area contributed by atoms with Crippen molar-refractivity contribution in [3.8, 4) is 0 Å². The van der Waals surface area contributed by atoms with E-state index in [1.54, 1.807) is 0 Å². The quantitative estimate of drug-likeness (QED) is 0.598. The Morgan fingerprint density at radius 3 is 2.27 bits per heavy atom. The van der Waals surface area contributed by atoms with Gasteiger partial charge in [-0.05, 0) is 43.9 Å². The average molecular weight is 468 g/mol. The maximum Gasteiger partial charge on any atom is 0.418 e. The fourth-order valence-electron chi connectivity index (χ4n) is 4.56. The van der Waals surface area contributed by atoms with E-state index in [2.05, 4.69) is 5.32 Å². The van der Waals surface area contributed by atoms with Crippen LogP contribution < -0.4 is 16.0 Å². The Hall–Kier alpha value is -2.66. The Morgan fingerprint density at radius 2 is 1.79 bits per heavy atom. The van der Waals surface area contributed by atoms with Gasteiger partial charge in [0.25, 0.3) is 11.8 Å². The zero-order chi connectivity index (χ0) is 23.8. The number of nitrogens with two attached hydrogens (primary N) is 1. The predicted molar refractivity (Wildman–Crippen MR) is 113 cm³/mol. The van der Waals surface area contributed by atoms with Gasteiger partial charge < -0.3 is 20.7 Å². The number of carbonyl (C=O) groups is 3. The van der Waals surface area contributed by atoms with Crippen molar-refractivity contribution in [2.75, 3.05) is 30.0 Å². The molecule has 11 heteroatoms. The van der Waals surface area contributed by atoms with Crippen molar-refractivity contribution < 1.29 is 32.3 Å². The van der Waals surface area contributed by atoms with Crippen molar-refractivity contribution in [3.05, 3.63) is 23.8 Å². The first-order valence-corrected chi connectivity index (χ1v) is 11.1. The number of benzene rings is 1. The first kappa shape index (κ1) is 23.5. The number of morpholine rings is 1. The van der Waals surface area contributed by atoms with Crippen LogP contribution in [0.5, 0.6) is 0 Å². The molecule has 1 atom stereocenters. The van der Waals surface area contributed by atoms with E-state index in [1.807, 2.05) is 4.90 Å². The highest BCUT2D eigenvalue weighted by Gasteiger charge is 2.44. The number of anilines is 2. The predicted octanol–water partition coefficient (Wildman–Crippen LogP) is 2.27. The van der Waals surface area contributed by atoms with E-state index < -0.39 is 35.5 Å². The molecule has 1 aromatic carbocycles. The molecule has 0 spiro atoms. The minimum atomic E-state index is -4.76. The third-order valence-electron chi connectivity index (χ3n) is 6.65. The Balaban J connectivity index is 1.59. The van der Waals surface area contributed by atoms with E-state index in [0.717, 1.165) is 55.6 Å². The summed E-state index contributed by atoms with van der Waals surface area (Å²) in [6.45, 7) is -0.177. The third-order valence-corrected chi connectivity index (χ3v) is 6.65. The molecule has 3 aliphatic rings. The van der Waals surface area contributed by atoms with Crippen LogP contribution in [-0.2, 0) is 25.3 Å². The van der Waals surface area contributed by atoms with Crippen LogP contribution in [0.15, 0.2) is 18.2 Å². The van der Waals surface area contributed by atoms with E-state index in [-0.39, 0.29) is 43.2 Å². The molecule has 0 unspecified atom stereocenters. The Bertz CT molecular complexity index is 917. The summed E-state index contributed by atoms with van der Waals surface area (Å²) in [5, 5.41) is 2.45. The smallest absolute Gasteiger partial charge is 0.370 e. The summed E-state index contributed by atoms with van der Waals surface area (Å²) >= 11 is 0. The molecule has 2 aliphatic carbocycles. The summed E-state index contributed by atoms with van der Waals surface area (Å²) in [5.74, 6) is -2.14.